The molecule has 0 unspecified atom stereocenters. The Bertz CT molecular complexity index is 2080. The molecule has 3 saturated heterocycles. The van der Waals surface area contributed by atoms with Crippen molar-refractivity contribution in [3.8, 4) is 11.1 Å². The molecule has 7 rings (SSSR count). The van der Waals surface area contributed by atoms with Gasteiger partial charge in [0, 0.05) is 107 Å². The number of piperidine rings is 2. The fourth-order valence-electron chi connectivity index (χ4n) is 7.71. The van der Waals surface area contributed by atoms with E-state index in [1.165, 1.54) is 27.8 Å². The molecule has 0 saturated carbocycles. The summed E-state index contributed by atoms with van der Waals surface area (Å²) in [5.41, 5.74) is 1.20. The Labute approximate surface area is 306 Å². The van der Waals surface area contributed by atoms with E-state index in [0.29, 0.717) is 47.1 Å². The molecule has 3 aliphatic heterocycles. The van der Waals surface area contributed by atoms with Crippen LogP contribution in [0.5, 0.6) is 0 Å². The first-order chi connectivity index (χ1) is 25.6. The molecule has 3 fully saturated rings. The van der Waals surface area contributed by atoms with E-state index in [-0.39, 0.29) is 54.2 Å². The van der Waals surface area contributed by atoms with Crippen LogP contribution in [0, 0.1) is 11.6 Å². The number of carbonyl (C=O) groups excluding carboxylic acids is 2. The normalized spacial score (nSPS) is 18.2. The van der Waals surface area contributed by atoms with Gasteiger partial charge in [0.2, 0.25) is 5.91 Å². The third kappa shape index (κ3) is 8.40. The molecular weight excluding hydrogens is 684 g/mol. The van der Waals surface area contributed by atoms with Crippen molar-refractivity contribution in [2.45, 2.75) is 63.8 Å². The first-order valence-electron chi connectivity index (χ1n) is 18.4. The number of aromatic nitrogens is 3. The van der Waals surface area contributed by atoms with Crippen molar-refractivity contribution in [3.05, 3.63) is 98.6 Å². The predicted octanol–water partition coefficient (Wildman–Crippen LogP) is 3.67. The van der Waals surface area contributed by atoms with Gasteiger partial charge in [-0.05, 0) is 67.3 Å². The highest BCUT2D eigenvalue weighted by Gasteiger charge is 2.27. The van der Waals surface area contributed by atoms with Gasteiger partial charge in [-0.3, -0.25) is 24.7 Å². The van der Waals surface area contributed by atoms with Crippen LogP contribution in [0.1, 0.15) is 43.2 Å². The van der Waals surface area contributed by atoms with Crippen molar-refractivity contribution >= 4 is 22.7 Å². The average Bonchev–Trinajstić information content (AvgIpc) is 3.15. The Morgan fingerprint density at radius 1 is 0.849 bits per heavy atom. The maximum atomic E-state index is 15.3. The number of fused-ring (bicyclic) bond motifs is 1. The van der Waals surface area contributed by atoms with Crippen LogP contribution in [0.15, 0.2) is 64.7 Å². The summed E-state index contributed by atoms with van der Waals surface area (Å²) in [6.07, 6.45) is 10.8. The van der Waals surface area contributed by atoms with Crippen LogP contribution in [-0.4, -0.2) is 98.8 Å². The van der Waals surface area contributed by atoms with E-state index in [2.05, 4.69) is 20.1 Å². The fraction of sp³-hybridized carbons (Fsp3) is 0.462. The van der Waals surface area contributed by atoms with Crippen molar-refractivity contribution < 1.29 is 23.1 Å². The van der Waals surface area contributed by atoms with Crippen LogP contribution in [0.2, 0.25) is 0 Å². The molecule has 53 heavy (non-hydrogen) atoms. The zero-order chi connectivity index (χ0) is 37.1. The van der Waals surface area contributed by atoms with Crippen molar-refractivity contribution in [1.82, 2.24) is 34.1 Å². The van der Waals surface area contributed by atoms with E-state index in [1.807, 2.05) is 6.07 Å². The number of nitrogens with zero attached hydrogens (tertiary/aromatic N) is 6. The van der Waals surface area contributed by atoms with Gasteiger partial charge in [0.15, 0.2) is 0 Å². The zero-order valence-corrected chi connectivity index (χ0v) is 29.9. The molecule has 0 radical (unpaired) electrons. The van der Waals surface area contributed by atoms with Gasteiger partial charge in [-0.15, -0.1) is 0 Å². The van der Waals surface area contributed by atoms with Crippen LogP contribution < -0.4 is 16.4 Å². The second kappa shape index (κ2) is 16.1. The highest BCUT2D eigenvalue weighted by Crippen LogP contribution is 2.30. The largest absolute Gasteiger partial charge is 0.375 e. The molecule has 12 nitrogen and oxygen atoms in total. The summed E-state index contributed by atoms with van der Waals surface area (Å²) in [6.45, 7) is 5.66. The number of halogens is 2. The highest BCUT2D eigenvalue weighted by atomic mass is 19.1. The van der Waals surface area contributed by atoms with Gasteiger partial charge in [-0.2, -0.15) is 0 Å². The van der Waals surface area contributed by atoms with Crippen molar-refractivity contribution in [3.63, 3.8) is 0 Å². The summed E-state index contributed by atoms with van der Waals surface area (Å²) in [4.78, 5) is 59.3. The number of carbonyl (C=O) groups is 2. The molecule has 14 heteroatoms. The standard InChI is InChI=1S/C39H45F2N7O5/c1-44-25-33(30-4-11-42-23-32(30)38(44)51)27-21-34(40)31(35(41)22-27)9-17-45-13-5-28(6-14-45)53-29-7-15-46(16-8-29)19-20-47-12-2-3-26(37(47)50)24-48-18-10-36(49)43-39(48)52/h2-4,11-12,21-23,25,28-29H,5-10,13-20,24H2,1H3,(H,43,49,52). The van der Waals surface area contributed by atoms with E-state index in [4.69, 9.17) is 4.74 Å². The molecule has 280 valence electrons. The molecule has 0 atom stereocenters. The van der Waals surface area contributed by atoms with E-state index >= 15 is 8.78 Å². The minimum Gasteiger partial charge on any atom is -0.375 e. The third-order valence-corrected chi connectivity index (χ3v) is 10.8. The fourth-order valence-corrected chi connectivity index (χ4v) is 7.71. The zero-order valence-electron chi connectivity index (χ0n) is 29.9. The van der Waals surface area contributed by atoms with E-state index in [1.54, 1.807) is 42.3 Å². The molecule has 1 N–H and O–H groups in total. The lowest BCUT2D eigenvalue weighted by atomic mass is 9.98. The number of benzene rings is 1. The van der Waals surface area contributed by atoms with Gasteiger partial charge in [-0.1, -0.05) is 6.07 Å². The quantitative estimate of drug-likeness (QED) is 0.249. The van der Waals surface area contributed by atoms with Crippen molar-refractivity contribution in [2.24, 2.45) is 7.05 Å². The second-order valence-electron chi connectivity index (χ2n) is 14.3. The first-order valence-corrected chi connectivity index (χ1v) is 18.4. The number of pyridine rings is 3. The second-order valence-corrected chi connectivity index (χ2v) is 14.3. The maximum absolute atomic E-state index is 15.3. The number of imide groups is 1. The van der Waals surface area contributed by atoms with Gasteiger partial charge in [0.05, 0.1) is 24.1 Å². The topological polar surface area (TPSA) is 122 Å². The number of hydrogen-bond acceptors (Lipinski definition) is 8. The number of amides is 3. The van der Waals surface area contributed by atoms with Gasteiger partial charge >= 0.3 is 6.03 Å². The van der Waals surface area contributed by atoms with Gasteiger partial charge < -0.3 is 28.6 Å². The number of nitrogens with one attached hydrogen (secondary N) is 1. The highest BCUT2D eigenvalue weighted by molar-refractivity contribution is 5.96. The van der Waals surface area contributed by atoms with E-state index in [0.717, 1.165) is 58.4 Å². The molecular formula is C39H45F2N7O5. The predicted molar refractivity (Wildman–Crippen MR) is 195 cm³/mol. The first kappa shape index (κ1) is 36.6. The Balaban J connectivity index is 0.841. The minimum atomic E-state index is -0.593. The van der Waals surface area contributed by atoms with Crippen LogP contribution in [0.25, 0.3) is 21.9 Å². The Hall–Kier alpha value is -4.79. The number of likely N-dealkylation sites (tertiary alicyclic amines) is 2. The van der Waals surface area contributed by atoms with Crippen molar-refractivity contribution in [1.29, 1.82) is 0 Å². The SMILES string of the molecule is Cn1cc(-c2cc(F)c(CCN3CCC(OC4CCN(CCn5cccc(CN6CCC(=O)NC6=O)c5=O)CC4)CC3)c(F)c2)c2ccncc2c1=O. The minimum absolute atomic E-state index is 0.0671. The van der Waals surface area contributed by atoms with Crippen LogP contribution in [0.3, 0.4) is 0 Å². The van der Waals surface area contributed by atoms with E-state index < -0.39 is 17.7 Å². The van der Waals surface area contributed by atoms with Crippen LogP contribution >= 0.6 is 0 Å². The van der Waals surface area contributed by atoms with Crippen LogP contribution in [-0.2, 0) is 36.1 Å². The smallest absolute Gasteiger partial charge is 0.324 e. The van der Waals surface area contributed by atoms with Crippen LogP contribution in [0.4, 0.5) is 13.6 Å². The van der Waals surface area contributed by atoms with E-state index in [9.17, 15) is 19.2 Å². The maximum Gasteiger partial charge on any atom is 0.324 e. The summed E-state index contributed by atoms with van der Waals surface area (Å²) in [6, 6.07) is 7.48. The van der Waals surface area contributed by atoms with Crippen molar-refractivity contribution in [2.75, 3.05) is 45.8 Å². The summed E-state index contributed by atoms with van der Waals surface area (Å²) >= 11 is 0. The Morgan fingerprint density at radius 2 is 1.53 bits per heavy atom. The number of rotatable bonds is 11. The lowest BCUT2D eigenvalue weighted by Gasteiger charge is -2.37. The Morgan fingerprint density at radius 3 is 2.21 bits per heavy atom. The molecule has 4 aromatic rings. The number of urea groups is 1. The lowest BCUT2D eigenvalue weighted by molar-refractivity contribution is -0.121. The number of aryl methyl sites for hydroxylation is 1. The summed E-state index contributed by atoms with van der Waals surface area (Å²) in [5.74, 6) is -1.48. The van der Waals surface area contributed by atoms with Gasteiger partial charge in [-0.25, -0.2) is 13.6 Å². The molecule has 0 spiro atoms. The number of ether oxygens (including phenoxy) is 1. The lowest BCUT2D eigenvalue weighted by Crippen LogP contribution is -2.49. The monoisotopic (exact) mass is 729 g/mol. The average molecular weight is 730 g/mol. The molecule has 3 amide bonds. The Kier molecular flexibility index (Phi) is 11.1. The molecule has 0 aliphatic carbocycles. The van der Waals surface area contributed by atoms with Gasteiger partial charge in [0.25, 0.3) is 11.1 Å². The van der Waals surface area contributed by atoms with Gasteiger partial charge in [0.1, 0.15) is 11.6 Å². The molecule has 1 aromatic carbocycles. The molecule has 3 aromatic heterocycles. The molecule has 6 heterocycles. The molecule has 3 aliphatic rings. The summed E-state index contributed by atoms with van der Waals surface area (Å²) < 4.78 is 40.3. The summed E-state index contributed by atoms with van der Waals surface area (Å²) in [5, 5.41) is 3.30. The third-order valence-electron chi connectivity index (χ3n) is 10.8. The number of hydrogen-bond donors (Lipinski definition) is 1. The molecule has 0 bridgehead atoms. The summed E-state index contributed by atoms with van der Waals surface area (Å²) in [7, 11) is 1.61.